The second-order valence-corrected chi connectivity index (χ2v) is 12.0. The summed E-state index contributed by atoms with van der Waals surface area (Å²) in [7, 11) is -3.20. The van der Waals surface area contributed by atoms with E-state index in [1.165, 1.54) is 34.3 Å². The minimum absolute atomic E-state index is 0.0136. The minimum atomic E-state index is -3.20. The van der Waals surface area contributed by atoms with Crippen molar-refractivity contribution in [1.82, 2.24) is 9.13 Å². The van der Waals surface area contributed by atoms with Gasteiger partial charge in [-0.1, -0.05) is 13.0 Å². The lowest BCUT2D eigenvalue weighted by molar-refractivity contribution is 0.0860. The normalized spacial score (nSPS) is 20.4. The zero-order chi connectivity index (χ0) is 25.7. The number of benzene rings is 2. The second kappa shape index (κ2) is 8.89. The van der Waals surface area contributed by atoms with E-state index in [-0.39, 0.29) is 52.1 Å². The van der Waals surface area contributed by atoms with Crippen molar-refractivity contribution in [3.63, 3.8) is 0 Å². The van der Waals surface area contributed by atoms with E-state index in [4.69, 9.17) is 4.74 Å². The Morgan fingerprint density at radius 1 is 1.20 bits per heavy atom. The third kappa shape index (κ3) is 4.89. The topological polar surface area (TPSA) is 87.4 Å². The number of carbonyl (C=O) groups excluding carboxylic acids is 1. The molecular weight excluding hydrogens is 478 g/mol. The first-order valence-electron chi connectivity index (χ1n) is 11.4. The van der Waals surface area contributed by atoms with Gasteiger partial charge in [0, 0.05) is 31.0 Å². The average Bonchev–Trinajstić information content (AvgIpc) is 3.19. The monoisotopic (exact) mass is 506 g/mol. The van der Waals surface area contributed by atoms with Gasteiger partial charge in [0.25, 0.3) is 0 Å². The summed E-state index contributed by atoms with van der Waals surface area (Å²) >= 11 is 0. The molecule has 3 aromatic rings. The van der Waals surface area contributed by atoms with E-state index in [0.717, 1.165) is 6.07 Å². The lowest BCUT2D eigenvalue weighted by Gasteiger charge is -2.20. The maximum atomic E-state index is 15.5. The molecular formula is C25H28F2N2O5S. The number of ether oxygens (including phenoxy) is 1. The highest BCUT2D eigenvalue weighted by molar-refractivity contribution is 7.91. The molecule has 35 heavy (non-hydrogen) atoms. The van der Waals surface area contributed by atoms with Crippen LogP contribution in [0.4, 0.5) is 8.78 Å². The van der Waals surface area contributed by atoms with Crippen LogP contribution in [0.25, 0.3) is 16.7 Å². The minimum Gasteiger partial charge on any atom is -0.461 e. The summed E-state index contributed by atoms with van der Waals surface area (Å²) in [5, 5.41) is 0. The number of Topliss-reactive ketones (excluding diaryl/α,β-unsaturated/α-hetero) is 1. The molecule has 1 aliphatic rings. The average molecular weight is 507 g/mol. The summed E-state index contributed by atoms with van der Waals surface area (Å²) in [6.07, 6.45) is -1.24. The fourth-order valence-electron chi connectivity index (χ4n) is 4.79. The van der Waals surface area contributed by atoms with Crippen LogP contribution in [-0.2, 0) is 9.84 Å². The number of ketones is 1. The zero-order valence-corrected chi connectivity index (χ0v) is 20.9. The molecule has 1 saturated heterocycles. The van der Waals surface area contributed by atoms with Crippen molar-refractivity contribution in [3.8, 4) is 11.4 Å². The number of imidazole rings is 1. The van der Waals surface area contributed by atoms with Gasteiger partial charge in [-0.05, 0) is 49.9 Å². The van der Waals surface area contributed by atoms with Gasteiger partial charge in [0.15, 0.2) is 15.6 Å². The van der Waals surface area contributed by atoms with Crippen LogP contribution in [0.3, 0.4) is 0 Å². The standard InChI is InChI=1S/C25H28F2N2O5S/c1-15(2)28-21-11-17(22(30)13-25(4)8-9-35(32,33)14-25)10-20(27)23(21)29(24(28)31)18-6-5-7-19(12-18)34-16(3)26/h5-7,10-12,15-16H,8-9,13-14H2,1-4H3/t16?,25-/m1/s1. The molecule has 1 aliphatic heterocycles. The molecule has 1 fully saturated rings. The fourth-order valence-corrected chi connectivity index (χ4v) is 7.04. The van der Waals surface area contributed by atoms with Crippen LogP contribution in [0, 0.1) is 11.2 Å². The molecule has 4 rings (SSSR count). The van der Waals surface area contributed by atoms with E-state index < -0.39 is 33.1 Å². The molecule has 7 nitrogen and oxygen atoms in total. The molecule has 2 aromatic carbocycles. The van der Waals surface area contributed by atoms with Crippen molar-refractivity contribution in [2.24, 2.45) is 5.41 Å². The number of rotatable bonds is 7. The van der Waals surface area contributed by atoms with Crippen molar-refractivity contribution in [3.05, 3.63) is 58.3 Å². The highest BCUT2D eigenvalue weighted by Gasteiger charge is 2.40. The van der Waals surface area contributed by atoms with Gasteiger partial charge < -0.3 is 4.74 Å². The summed E-state index contributed by atoms with van der Waals surface area (Å²) in [4.78, 5) is 26.5. The van der Waals surface area contributed by atoms with Crippen LogP contribution in [0.15, 0.2) is 41.2 Å². The highest BCUT2D eigenvalue weighted by Crippen LogP contribution is 2.37. The fraction of sp³-hybridized carbons (Fsp3) is 0.440. The molecule has 0 radical (unpaired) electrons. The Balaban J connectivity index is 1.83. The lowest BCUT2D eigenvalue weighted by Crippen LogP contribution is -2.24. The number of sulfone groups is 1. The summed E-state index contributed by atoms with van der Waals surface area (Å²) in [5.41, 5.74) is -0.630. The van der Waals surface area contributed by atoms with Crippen LogP contribution in [0.2, 0.25) is 0 Å². The highest BCUT2D eigenvalue weighted by atomic mass is 32.2. The van der Waals surface area contributed by atoms with Gasteiger partial charge in [-0.25, -0.2) is 22.0 Å². The first-order valence-corrected chi connectivity index (χ1v) is 13.2. The van der Waals surface area contributed by atoms with E-state index in [2.05, 4.69) is 0 Å². The van der Waals surface area contributed by atoms with E-state index >= 15 is 4.39 Å². The predicted octanol–water partition coefficient (Wildman–Crippen LogP) is 4.60. The van der Waals surface area contributed by atoms with Gasteiger partial charge in [-0.15, -0.1) is 0 Å². The third-order valence-corrected chi connectivity index (χ3v) is 8.27. The first-order chi connectivity index (χ1) is 16.3. The number of carbonyl (C=O) groups is 1. The molecule has 0 saturated carbocycles. The molecule has 0 N–H and O–H groups in total. The molecule has 2 heterocycles. The second-order valence-electron chi connectivity index (χ2n) is 9.82. The van der Waals surface area contributed by atoms with Crippen LogP contribution in [0.5, 0.6) is 5.75 Å². The summed E-state index contributed by atoms with van der Waals surface area (Å²) in [6, 6.07) is 8.35. The van der Waals surface area contributed by atoms with Gasteiger partial charge in [0.2, 0.25) is 6.36 Å². The number of hydrogen-bond donors (Lipinski definition) is 0. The van der Waals surface area contributed by atoms with E-state index in [0.29, 0.717) is 12.1 Å². The van der Waals surface area contributed by atoms with Gasteiger partial charge in [-0.2, -0.15) is 0 Å². The summed E-state index contributed by atoms with van der Waals surface area (Å²) in [6.45, 7) is 6.51. The van der Waals surface area contributed by atoms with Crippen LogP contribution < -0.4 is 10.4 Å². The van der Waals surface area contributed by atoms with E-state index in [1.54, 1.807) is 32.9 Å². The molecule has 1 aromatic heterocycles. The van der Waals surface area contributed by atoms with Gasteiger partial charge >= 0.3 is 5.69 Å². The van der Waals surface area contributed by atoms with Crippen molar-refractivity contribution < 1.29 is 26.7 Å². The number of aromatic nitrogens is 2. The Kier molecular flexibility index (Phi) is 6.37. The number of nitrogens with zero attached hydrogens (tertiary/aromatic N) is 2. The molecule has 188 valence electrons. The molecule has 0 spiro atoms. The molecule has 0 amide bonds. The third-order valence-electron chi connectivity index (χ3n) is 6.31. The van der Waals surface area contributed by atoms with E-state index in [1.807, 2.05) is 0 Å². The van der Waals surface area contributed by atoms with Gasteiger partial charge in [0.05, 0.1) is 22.7 Å². The first kappa shape index (κ1) is 25.1. The van der Waals surface area contributed by atoms with Crippen molar-refractivity contribution in [1.29, 1.82) is 0 Å². The Morgan fingerprint density at radius 2 is 1.91 bits per heavy atom. The molecule has 1 unspecified atom stereocenters. The predicted molar refractivity (Wildman–Crippen MR) is 129 cm³/mol. The quantitative estimate of drug-likeness (QED) is 0.437. The molecule has 0 aliphatic carbocycles. The van der Waals surface area contributed by atoms with Crippen LogP contribution >= 0.6 is 0 Å². The molecule has 10 heteroatoms. The van der Waals surface area contributed by atoms with Crippen LogP contribution in [0.1, 0.15) is 56.9 Å². The SMILES string of the molecule is CC(F)Oc1cccc(-n2c(=O)n(C(C)C)c3cc(C(=O)C[C@@]4(C)CCS(=O)(=O)C4)cc(F)c32)c1. The Labute approximate surface area is 202 Å². The Hall–Kier alpha value is -3.01. The smallest absolute Gasteiger partial charge is 0.334 e. The zero-order valence-electron chi connectivity index (χ0n) is 20.0. The largest absolute Gasteiger partial charge is 0.461 e. The molecule has 2 atom stereocenters. The van der Waals surface area contributed by atoms with Crippen molar-refractivity contribution in [2.45, 2.75) is 52.9 Å². The molecule has 0 bridgehead atoms. The maximum absolute atomic E-state index is 15.5. The Bertz CT molecular complexity index is 1470. The number of fused-ring (bicyclic) bond motifs is 1. The number of halogens is 2. The number of alkyl halides is 1. The van der Waals surface area contributed by atoms with Crippen LogP contribution in [-0.4, -0.2) is 41.2 Å². The maximum Gasteiger partial charge on any atom is 0.334 e. The summed E-state index contributed by atoms with van der Waals surface area (Å²) in [5.74, 6) is -1.02. The van der Waals surface area contributed by atoms with Gasteiger partial charge in [-0.3, -0.25) is 13.9 Å². The van der Waals surface area contributed by atoms with E-state index in [9.17, 15) is 22.4 Å². The number of hydrogen-bond acceptors (Lipinski definition) is 5. The van der Waals surface area contributed by atoms with Crippen molar-refractivity contribution in [2.75, 3.05) is 11.5 Å². The lowest BCUT2D eigenvalue weighted by atomic mass is 9.83. The van der Waals surface area contributed by atoms with Crippen molar-refractivity contribution >= 4 is 26.7 Å². The Morgan fingerprint density at radius 3 is 2.51 bits per heavy atom. The van der Waals surface area contributed by atoms with Gasteiger partial charge in [0.1, 0.15) is 17.1 Å². The summed E-state index contributed by atoms with van der Waals surface area (Å²) < 4.78 is 60.4.